The number of fused-ring (bicyclic) bond motifs is 2. The van der Waals surface area contributed by atoms with Crippen LogP contribution in [0.4, 0.5) is 5.82 Å². The first-order valence-electron chi connectivity index (χ1n) is 8.41. The molecule has 1 aliphatic heterocycles. The van der Waals surface area contributed by atoms with Gasteiger partial charge in [-0.25, -0.2) is 4.98 Å². The Morgan fingerprint density at radius 3 is 2.91 bits per heavy atom. The molecule has 5 heteroatoms. The molecule has 22 heavy (non-hydrogen) atoms. The molecule has 5 nitrogen and oxygen atoms in total. The molecular formula is C17H25N5. The Morgan fingerprint density at radius 1 is 1.32 bits per heavy atom. The number of aryl methyl sites for hydroxylation is 1. The van der Waals surface area contributed by atoms with Crippen LogP contribution in [-0.2, 0) is 18.3 Å². The third-order valence-corrected chi connectivity index (χ3v) is 4.80. The van der Waals surface area contributed by atoms with Crippen molar-refractivity contribution in [1.82, 2.24) is 19.9 Å². The van der Waals surface area contributed by atoms with Crippen molar-refractivity contribution >= 4 is 11.5 Å². The van der Waals surface area contributed by atoms with Gasteiger partial charge in [0.05, 0.1) is 5.69 Å². The Hall–Kier alpha value is -1.62. The van der Waals surface area contributed by atoms with Gasteiger partial charge in [-0.3, -0.25) is 0 Å². The molecule has 0 spiro atoms. The Bertz CT molecular complexity index is 704. The smallest absolute Gasteiger partial charge is 0.157 e. The summed E-state index contributed by atoms with van der Waals surface area (Å²) in [4.78, 5) is 4.87. The molecule has 2 aromatic rings. The third kappa shape index (κ3) is 2.28. The van der Waals surface area contributed by atoms with Crippen LogP contribution in [0.5, 0.6) is 0 Å². The zero-order valence-electron chi connectivity index (χ0n) is 13.7. The molecule has 2 aromatic heterocycles. The minimum absolute atomic E-state index is 0.0460. The van der Waals surface area contributed by atoms with Crippen LogP contribution in [-0.4, -0.2) is 33.7 Å². The molecule has 0 bridgehead atoms. The van der Waals surface area contributed by atoms with Gasteiger partial charge >= 0.3 is 0 Å². The van der Waals surface area contributed by atoms with Gasteiger partial charge in [-0.2, -0.15) is 9.61 Å². The highest BCUT2D eigenvalue weighted by atomic mass is 15.3. The van der Waals surface area contributed by atoms with Gasteiger partial charge in [-0.1, -0.05) is 20.8 Å². The van der Waals surface area contributed by atoms with Gasteiger partial charge in [0.15, 0.2) is 5.65 Å². The summed E-state index contributed by atoms with van der Waals surface area (Å²) in [6.45, 7) is 8.75. The summed E-state index contributed by atoms with van der Waals surface area (Å²) < 4.78 is 2.04. The molecule has 0 amide bonds. The van der Waals surface area contributed by atoms with E-state index in [-0.39, 0.29) is 5.41 Å². The van der Waals surface area contributed by atoms with E-state index in [9.17, 15) is 0 Å². The van der Waals surface area contributed by atoms with Crippen LogP contribution in [0.2, 0.25) is 0 Å². The molecule has 0 saturated carbocycles. The monoisotopic (exact) mass is 299 g/mol. The van der Waals surface area contributed by atoms with Crippen LogP contribution in [0.25, 0.3) is 5.65 Å². The second-order valence-corrected chi connectivity index (χ2v) is 7.62. The van der Waals surface area contributed by atoms with Crippen molar-refractivity contribution in [2.24, 2.45) is 0 Å². The second kappa shape index (κ2) is 4.95. The molecular weight excluding hydrogens is 274 g/mol. The topological polar surface area (TPSA) is 54.2 Å². The van der Waals surface area contributed by atoms with E-state index in [1.165, 1.54) is 29.9 Å². The average molecular weight is 299 g/mol. The fraction of sp³-hybridized carbons (Fsp3) is 0.647. The summed E-state index contributed by atoms with van der Waals surface area (Å²) in [6.07, 6.45) is 4.59. The molecule has 3 heterocycles. The number of anilines is 1. The van der Waals surface area contributed by atoms with E-state index in [4.69, 9.17) is 10.1 Å². The van der Waals surface area contributed by atoms with Gasteiger partial charge in [-0.05, 0) is 32.2 Å². The Labute approximate surface area is 131 Å². The molecule has 0 aromatic carbocycles. The average Bonchev–Trinajstić information content (AvgIpc) is 3.16. The standard InChI is InChI=1S/C17H25N5/c1-17(2,3)14-9-15-20-13-6-4-5-12(13)16(22(15)21-14)19-11-7-8-18-10-11/h9,11,18-19H,4-8,10H2,1-3H3. The summed E-state index contributed by atoms with van der Waals surface area (Å²) in [5, 5.41) is 12.1. The highest BCUT2D eigenvalue weighted by Crippen LogP contribution is 2.31. The van der Waals surface area contributed by atoms with Crippen molar-refractivity contribution in [2.45, 2.75) is 57.9 Å². The molecule has 118 valence electrons. The van der Waals surface area contributed by atoms with Crippen LogP contribution < -0.4 is 10.6 Å². The third-order valence-electron chi connectivity index (χ3n) is 4.80. The summed E-state index contributed by atoms with van der Waals surface area (Å²) in [5.74, 6) is 1.18. The molecule has 1 unspecified atom stereocenters. The zero-order valence-corrected chi connectivity index (χ0v) is 13.7. The molecule has 0 radical (unpaired) electrons. The van der Waals surface area contributed by atoms with E-state index in [0.29, 0.717) is 6.04 Å². The minimum atomic E-state index is 0.0460. The lowest BCUT2D eigenvalue weighted by molar-refractivity contribution is 0.562. The fourth-order valence-corrected chi connectivity index (χ4v) is 3.47. The van der Waals surface area contributed by atoms with Gasteiger partial charge in [0.2, 0.25) is 0 Å². The van der Waals surface area contributed by atoms with Crippen molar-refractivity contribution in [1.29, 1.82) is 0 Å². The quantitative estimate of drug-likeness (QED) is 0.893. The molecule has 1 saturated heterocycles. The van der Waals surface area contributed by atoms with Gasteiger partial charge in [0.1, 0.15) is 5.82 Å². The zero-order chi connectivity index (χ0) is 15.3. The lowest BCUT2D eigenvalue weighted by Crippen LogP contribution is -2.25. The SMILES string of the molecule is CC(C)(C)c1cc2nc3c(c(NC4CCNC4)n2n1)CCC3. The van der Waals surface area contributed by atoms with E-state index >= 15 is 0 Å². The summed E-state index contributed by atoms with van der Waals surface area (Å²) in [6, 6.07) is 2.65. The fourth-order valence-electron chi connectivity index (χ4n) is 3.47. The number of hydrogen-bond acceptors (Lipinski definition) is 4. The second-order valence-electron chi connectivity index (χ2n) is 7.62. The van der Waals surface area contributed by atoms with Crippen molar-refractivity contribution in [3.8, 4) is 0 Å². The van der Waals surface area contributed by atoms with Crippen molar-refractivity contribution in [2.75, 3.05) is 18.4 Å². The van der Waals surface area contributed by atoms with E-state index in [2.05, 4.69) is 37.5 Å². The minimum Gasteiger partial charge on any atom is -0.366 e. The lowest BCUT2D eigenvalue weighted by Gasteiger charge is -2.18. The summed E-state index contributed by atoms with van der Waals surface area (Å²) >= 11 is 0. The Balaban J connectivity index is 1.85. The number of aromatic nitrogens is 3. The van der Waals surface area contributed by atoms with Crippen molar-refractivity contribution < 1.29 is 0 Å². The van der Waals surface area contributed by atoms with Gasteiger partial charge in [0.25, 0.3) is 0 Å². The molecule has 1 fully saturated rings. The Kier molecular flexibility index (Phi) is 3.15. The predicted molar refractivity (Wildman–Crippen MR) is 88.6 cm³/mol. The molecule has 2 N–H and O–H groups in total. The Morgan fingerprint density at radius 2 is 2.18 bits per heavy atom. The van der Waals surface area contributed by atoms with Gasteiger partial charge < -0.3 is 10.6 Å². The molecule has 4 rings (SSSR count). The normalized spacial score (nSPS) is 21.5. The van der Waals surface area contributed by atoms with Crippen molar-refractivity contribution in [3.05, 3.63) is 23.0 Å². The lowest BCUT2D eigenvalue weighted by atomic mass is 9.93. The summed E-state index contributed by atoms with van der Waals surface area (Å²) in [7, 11) is 0. The van der Waals surface area contributed by atoms with Gasteiger partial charge in [0, 0.05) is 35.3 Å². The maximum Gasteiger partial charge on any atom is 0.157 e. The van der Waals surface area contributed by atoms with E-state index in [0.717, 1.165) is 37.3 Å². The molecule has 2 aliphatic rings. The first-order chi connectivity index (χ1) is 10.5. The van der Waals surface area contributed by atoms with Crippen LogP contribution in [0.15, 0.2) is 6.07 Å². The first kappa shape index (κ1) is 14.0. The highest BCUT2D eigenvalue weighted by molar-refractivity contribution is 5.58. The van der Waals surface area contributed by atoms with Crippen LogP contribution in [0, 0.1) is 0 Å². The first-order valence-corrected chi connectivity index (χ1v) is 8.41. The summed E-state index contributed by atoms with van der Waals surface area (Å²) in [5.41, 5.74) is 4.78. The molecule has 1 aliphatic carbocycles. The number of nitrogens with one attached hydrogen (secondary N) is 2. The van der Waals surface area contributed by atoms with Gasteiger partial charge in [-0.15, -0.1) is 0 Å². The number of rotatable bonds is 2. The molecule has 1 atom stereocenters. The predicted octanol–water partition coefficient (Wildman–Crippen LogP) is 2.29. The van der Waals surface area contributed by atoms with E-state index in [1.807, 2.05) is 4.52 Å². The maximum atomic E-state index is 4.87. The van der Waals surface area contributed by atoms with Crippen LogP contribution >= 0.6 is 0 Å². The van der Waals surface area contributed by atoms with Crippen LogP contribution in [0.3, 0.4) is 0 Å². The number of hydrogen-bond donors (Lipinski definition) is 2. The highest BCUT2D eigenvalue weighted by Gasteiger charge is 2.26. The van der Waals surface area contributed by atoms with Crippen LogP contribution in [0.1, 0.15) is 50.6 Å². The largest absolute Gasteiger partial charge is 0.366 e. The van der Waals surface area contributed by atoms with Crippen molar-refractivity contribution in [3.63, 3.8) is 0 Å². The maximum absolute atomic E-state index is 4.87. The van der Waals surface area contributed by atoms with E-state index < -0.39 is 0 Å². The number of nitrogens with zero attached hydrogens (tertiary/aromatic N) is 3. The van der Waals surface area contributed by atoms with E-state index in [1.54, 1.807) is 0 Å².